The van der Waals surface area contributed by atoms with Crippen LogP contribution in [0, 0.1) is 0 Å². The van der Waals surface area contributed by atoms with E-state index in [0.29, 0.717) is 92.5 Å². The summed E-state index contributed by atoms with van der Waals surface area (Å²) in [6.07, 6.45) is 9.13. The minimum atomic E-state index is 0.535. The highest BCUT2D eigenvalue weighted by Gasteiger charge is 1.98. The summed E-state index contributed by atoms with van der Waals surface area (Å²) in [7, 11) is 0. The van der Waals surface area contributed by atoms with Crippen LogP contribution in [0.25, 0.3) is 0 Å². The maximum atomic E-state index is 5.76. The Morgan fingerprint density at radius 3 is 1.26 bits per heavy atom. The molecule has 38 heavy (non-hydrogen) atoms. The molecule has 0 radical (unpaired) electrons. The average molecular weight is 543 g/mol. The minimum absolute atomic E-state index is 0.535. The normalized spacial score (nSPS) is 11.3. The van der Waals surface area contributed by atoms with Gasteiger partial charge < -0.3 is 37.9 Å². The molecule has 0 saturated carbocycles. The number of benzene rings is 1. The zero-order valence-electron chi connectivity index (χ0n) is 24.1. The third-order valence-corrected chi connectivity index (χ3v) is 5.67. The summed E-state index contributed by atoms with van der Waals surface area (Å²) in [4.78, 5) is 0. The second-order valence-electron chi connectivity index (χ2n) is 8.88. The van der Waals surface area contributed by atoms with Crippen LogP contribution in [-0.4, -0.2) is 99.1 Å². The smallest absolute Gasteiger partial charge is 0.119 e. The monoisotopic (exact) mass is 542 g/mol. The zero-order valence-corrected chi connectivity index (χ0v) is 24.1. The van der Waals surface area contributed by atoms with E-state index in [-0.39, 0.29) is 0 Å². The Balaban J connectivity index is 1.76. The van der Waals surface area contributed by atoms with Gasteiger partial charge in [-0.2, -0.15) is 0 Å². The fraction of sp³-hybridized carbons (Fsp3) is 0.800. The van der Waals surface area contributed by atoms with Crippen LogP contribution in [0.5, 0.6) is 5.75 Å². The molecule has 0 fully saturated rings. The van der Waals surface area contributed by atoms with E-state index in [1.165, 1.54) is 44.1 Å². The lowest BCUT2D eigenvalue weighted by Gasteiger charge is -2.09. The molecule has 0 aliphatic carbocycles. The van der Waals surface area contributed by atoms with E-state index < -0.39 is 0 Å². The molecular formula is C30H54O8. The van der Waals surface area contributed by atoms with Crippen LogP contribution in [0.3, 0.4) is 0 Å². The summed E-state index contributed by atoms with van der Waals surface area (Å²) in [6.45, 7) is 12.7. The van der Waals surface area contributed by atoms with Crippen molar-refractivity contribution >= 4 is 0 Å². The van der Waals surface area contributed by atoms with Gasteiger partial charge in [0.25, 0.3) is 0 Å². The Hall–Kier alpha value is -1.26. The van der Waals surface area contributed by atoms with Gasteiger partial charge in [0, 0.05) is 6.61 Å². The molecule has 0 aromatic heterocycles. The third kappa shape index (κ3) is 23.8. The molecule has 1 aromatic carbocycles. The first-order valence-corrected chi connectivity index (χ1v) is 14.6. The van der Waals surface area contributed by atoms with Crippen molar-refractivity contribution < 1.29 is 37.9 Å². The van der Waals surface area contributed by atoms with Gasteiger partial charge in [-0.15, -0.1) is 0 Å². The first kappa shape index (κ1) is 34.8. The van der Waals surface area contributed by atoms with E-state index in [1.807, 2.05) is 6.92 Å². The summed E-state index contributed by atoms with van der Waals surface area (Å²) >= 11 is 0. The van der Waals surface area contributed by atoms with Crippen molar-refractivity contribution in [3.05, 3.63) is 29.8 Å². The fourth-order valence-corrected chi connectivity index (χ4v) is 3.54. The van der Waals surface area contributed by atoms with E-state index in [1.54, 1.807) is 0 Å². The highest BCUT2D eigenvalue weighted by Crippen LogP contribution is 2.15. The zero-order chi connectivity index (χ0) is 27.2. The van der Waals surface area contributed by atoms with Crippen LogP contribution in [0.1, 0.15) is 57.9 Å². The Labute approximate surface area is 231 Å². The Kier molecular flexibility index (Phi) is 26.3. The molecule has 0 aliphatic heterocycles. The summed E-state index contributed by atoms with van der Waals surface area (Å²) in [5.74, 6) is 0.892. The number of unbranched alkanes of at least 4 members (excludes halogenated alkanes) is 5. The van der Waals surface area contributed by atoms with Gasteiger partial charge in [-0.05, 0) is 37.5 Å². The van der Waals surface area contributed by atoms with Crippen LogP contribution < -0.4 is 4.74 Å². The highest BCUT2D eigenvalue weighted by atomic mass is 16.6. The van der Waals surface area contributed by atoms with Crippen LogP contribution in [0.4, 0.5) is 0 Å². The lowest BCUT2D eigenvalue weighted by Crippen LogP contribution is -2.15. The Morgan fingerprint density at radius 2 is 0.816 bits per heavy atom. The molecule has 1 rings (SSSR count). The van der Waals surface area contributed by atoms with Crippen molar-refractivity contribution in [2.24, 2.45) is 0 Å². The summed E-state index contributed by atoms with van der Waals surface area (Å²) in [5, 5.41) is 0. The van der Waals surface area contributed by atoms with Gasteiger partial charge in [-0.3, -0.25) is 0 Å². The predicted molar refractivity (Wildman–Crippen MR) is 150 cm³/mol. The number of ether oxygens (including phenoxy) is 8. The molecule has 0 atom stereocenters. The Bertz CT molecular complexity index is 584. The van der Waals surface area contributed by atoms with Gasteiger partial charge in [0.05, 0.1) is 85.9 Å². The van der Waals surface area contributed by atoms with Gasteiger partial charge in [0.2, 0.25) is 0 Å². The molecule has 0 aliphatic rings. The van der Waals surface area contributed by atoms with Crippen molar-refractivity contribution in [3.63, 3.8) is 0 Å². The summed E-state index contributed by atoms with van der Waals surface area (Å²) in [6, 6.07) is 8.45. The molecule has 222 valence electrons. The number of hydrogen-bond acceptors (Lipinski definition) is 8. The molecule has 0 N–H and O–H groups in total. The summed E-state index contributed by atoms with van der Waals surface area (Å²) < 4.78 is 43.8. The highest BCUT2D eigenvalue weighted by molar-refractivity contribution is 5.27. The standard InChI is InChI=1S/C30H54O8/c1-3-5-6-7-8-9-10-29-11-13-30(14-12-29)38-28-27-37-26-25-36-24-23-35-22-21-34-20-19-33-18-17-32-16-15-31-4-2/h11-14H,3-10,15-28H2,1-2H3. The van der Waals surface area contributed by atoms with Crippen LogP contribution in [-0.2, 0) is 39.6 Å². The van der Waals surface area contributed by atoms with Crippen molar-refractivity contribution in [1.82, 2.24) is 0 Å². The molecule has 1 aromatic rings. The Morgan fingerprint density at radius 1 is 0.421 bits per heavy atom. The first-order valence-electron chi connectivity index (χ1n) is 14.6. The molecule has 0 spiro atoms. The van der Waals surface area contributed by atoms with E-state index in [9.17, 15) is 0 Å². The molecular weight excluding hydrogens is 488 g/mol. The maximum Gasteiger partial charge on any atom is 0.119 e. The van der Waals surface area contributed by atoms with Crippen molar-refractivity contribution in [3.8, 4) is 5.75 Å². The third-order valence-electron chi connectivity index (χ3n) is 5.67. The van der Waals surface area contributed by atoms with Crippen LogP contribution in [0.15, 0.2) is 24.3 Å². The average Bonchev–Trinajstić information content (AvgIpc) is 2.94. The first-order chi connectivity index (χ1) is 18.9. The maximum absolute atomic E-state index is 5.76. The lowest BCUT2D eigenvalue weighted by atomic mass is 10.0. The minimum Gasteiger partial charge on any atom is -0.491 e. The van der Waals surface area contributed by atoms with E-state index in [0.717, 1.165) is 18.8 Å². The predicted octanol–water partition coefficient (Wildman–Crippen LogP) is 5.10. The summed E-state index contributed by atoms with van der Waals surface area (Å²) in [5.41, 5.74) is 1.38. The van der Waals surface area contributed by atoms with Gasteiger partial charge in [-0.25, -0.2) is 0 Å². The van der Waals surface area contributed by atoms with Crippen molar-refractivity contribution in [1.29, 1.82) is 0 Å². The lowest BCUT2D eigenvalue weighted by molar-refractivity contribution is -0.0208. The van der Waals surface area contributed by atoms with Crippen LogP contribution >= 0.6 is 0 Å². The van der Waals surface area contributed by atoms with E-state index in [2.05, 4.69) is 31.2 Å². The van der Waals surface area contributed by atoms with Gasteiger partial charge in [0.1, 0.15) is 12.4 Å². The molecule has 0 saturated heterocycles. The number of rotatable bonds is 30. The number of hydrogen-bond donors (Lipinski definition) is 0. The molecule has 8 heteroatoms. The quantitative estimate of drug-likeness (QED) is 0.124. The van der Waals surface area contributed by atoms with Crippen molar-refractivity contribution in [2.45, 2.75) is 58.8 Å². The van der Waals surface area contributed by atoms with Crippen LogP contribution in [0.2, 0.25) is 0 Å². The second-order valence-corrected chi connectivity index (χ2v) is 8.88. The molecule has 0 unspecified atom stereocenters. The number of aryl methyl sites for hydroxylation is 1. The molecule has 0 heterocycles. The van der Waals surface area contributed by atoms with Gasteiger partial charge in [0.15, 0.2) is 0 Å². The van der Waals surface area contributed by atoms with Gasteiger partial charge >= 0.3 is 0 Å². The van der Waals surface area contributed by atoms with Gasteiger partial charge in [-0.1, -0.05) is 51.2 Å². The molecule has 8 nitrogen and oxygen atoms in total. The topological polar surface area (TPSA) is 73.8 Å². The van der Waals surface area contributed by atoms with E-state index in [4.69, 9.17) is 37.9 Å². The van der Waals surface area contributed by atoms with Crippen molar-refractivity contribution in [2.75, 3.05) is 99.1 Å². The SMILES string of the molecule is CCCCCCCCc1ccc(OCCOCCOCCOCCOCCOCCOCCOCC)cc1. The molecule has 0 bridgehead atoms. The second kappa shape index (κ2) is 28.7. The van der Waals surface area contributed by atoms with E-state index >= 15 is 0 Å². The molecule has 0 amide bonds. The fourth-order valence-electron chi connectivity index (χ4n) is 3.54. The largest absolute Gasteiger partial charge is 0.491 e.